The van der Waals surface area contributed by atoms with Gasteiger partial charge in [-0.25, -0.2) is 4.79 Å². The molecule has 1 aliphatic rings. The quantitative estimate of drug-likeness (QED) is 0.323. The van der Waals surface area contributed by atoms with E-state index in [0.717, 1.165) is 49.3 Å². The minimum atomic E-state index is -4.52. The maximum Gasteiger partial charge on any atom is 0.416 e. The van der Waals surface area contributed by atoms with Gasteiger partial charge in [-0.2, -0.15) is 13.2 Å². The lowest BCUT2D eigenvalue weighted by Gasteiger charge is -2.33. The van der Waals surface area contributed by atoms with Crippen LogP contribution in [0.15, 0.2) is 72.8 Å². The number of amides is 3. The van der Waals surface area contributed by atoms with Crippen LogP contribution in [0.5, 0.6) is 0 Å². The van der Waals surface area contributed by atoms with Crippen LogP contribution >= 0.6 is 0 Å². The van der Waals surface area contributed by atoms with Crippen LogP contribution in [0.4, 0.5) is 35.0 Å². The third-order valence-electron chi connectivity index (χ3n) is 6.72. The Balaban J connectivity index is 1.54. The molecule has 1 heterocycles. The number of piperidine rings is 1. The molecule has 1 fully saturated rings. The maximum absolute atomic E-state index is 13.4. The zero-order valence-electron chi connectivity index (χ0n) is 21.3. The molecule has 1 unspecified atom stereocenters. The summed E-state index contributed by atoms with van der Waals surface area (Å²) in [5, 5.41) is 8.10. The van der Waals surface area contributed by atoms with Crippen molar-refractivity contribution in [2.45, 2.75) is 38.9 Å². The molecule has 4 rings (SSSR count). The Bertz CT molecular complexity index is 1270. The molecule has 200 valence electrons. The lowest BCUT2D eigenvalue weighted by atomic mass is 9.97. The number of nitrogens with zero attached hydrogens (tertiary/aromatic N) is 1. The lowest BCUT2D eigenvalue weighted by Crippen LogP contribution is -2.35. The van der Waals surface area contributed by atoms with E-state index in [9.17, 15) is 22.8 Å². The van der Waals surface area contributed by atoms with E-state index in [-0.39, 0.29) is 17.6 Å². The lowest BCUT2D eigenvalue weighted by molar-refractivity contribution is -0.137. The Hall–Kier alpha value is -4.01. The smallest absolute Gasteiger partial charge is 0.371 e. The van der Waals surface area contributed by atoms with E-state index in [0.29, 0.717) is 17.2 Å². The molecule has 0 saturated carbocycles. The number of anilines is 3. The molecule has 0 aliphatic carbocycles. The van der Waals surface area contributed by atoms with Crippen LogP contribution in [0.25, 0.3) is 0 Å². The number of carbonyl (C=O) groups excluding carboxylic acids is 2. The van der Waals surface area contributed by atoms with Crippen LogP contribution in [0.1, 0.15) is 54.2 Å². The highest BCUT2D eigenvalue weighted by atomic mass is 19.4. The van der Waals surface area contributed by atoms with Crippen LogP contribution in [0.2, 0.25) is 0 Å². The number of benzene rings is 3. The molecule has 9 heteroatoms. The van der Waals surface area contributed by atoms with E-state index >= 15 is 0 Å². The Labute approximate surface area is 220 Å². The Kier molecular flexibility index (Phi) is 8.24. The minimum absolute atomic E-state index is 0.00559. The van der Waals surface area contributed by atoms with E-state index in [1.165, 1.54) is 12.1 Å². The minimum Gasteiger partial charge on any atom is -0.371 e. The van der Waals surface area contributed by atoms with Crippen LogP contribution < -0.4 is 20.9 Å². The second-order valence-corrected chi connectivity index (χ2v) is 9.67. The number of halogens is 3. The summed E-state index contributed by atoms with van der Waals surface area (Å²) >= 11 is 0. The van der Waals surface area contributed by atoms with Crippen molar-refractivity contribution < 1.29 is 22.8 Å². The van der Waals surface area contributed by atoms with Gasteiger partial charge in [-0.1, -0.05) is 43.3 Å². The first-order valence-corrected chi connectivity index (χ1v) is 12.6. The number of hydrogen-bond donors (Lipinski definition) is 3. The van der Waals surface area contributed by atoms with Crippen LogP contribution in [-0.2, 0) is 6.18 Å². The number of urea groups is 1. The summed E-state index contributed by atoms with van der Waals surface area (Å²) < 4.78 is 39.0. The fourth-order valence-corrected chi connectivity index (χ4v) is 4.49. The van der Waals surface area contributed by atoms with E-state index in [2.05, 4.69) is 27.8 Å². The second-order valence-electron chi connectivity index (χ2n) is 9.67. The van der Waals surface area contributed by atoms with Crippen LogP contribution in [0, 0.1) is 5.92 Å². The summed E-state index contributed by atoms with van der Waals surface area (Å²) in [5.41, 5.74) is 1.65. The second kappa shape index (κ2) is 11.6. The van der Waals surface area contributed by atoms with Crippen LogP contribution in [0.3, 0.4) is 0 Å². The largest absolute Gasteiger partial charge is 0.416 e. The molecule has 1 aliphatic heterocycles. The summed E-state index contributed by atoms with van der Waals surface area (Å²) in [5.74, 6) is 0.332. The molecule has 1 saturated heterocycles. The predicted octanol–water partition coefficient (Wildman–Crippen LogP) is 7.08. The number of alkyl halides is 3. The van der Waals surface area contributed by atoms with Crippen molar-refractivity contribution in [1.29, 1.82) is 0 Å². The van der Waals surface area contributed by atoms with E-state index in [4.69, 9.17) is 0 Å². The SMILES string of the molecule is CC1CCN(c2ccc(NC(=O)Nc3cccc(C(F)(F)F)c3)cc2C(=O)NC(C)c2ccccc2)CC1. The summed E-state index contributed by atoms with van der Waals surface area (Å²) in [7, 11) is 0. The Morgan fingerprint density at radius 3 is 2.21 bits per heavy atom. The van der Waals surface area contributed by atoms with E-state index < -0.39 is 17.8 Å². The molecule has 6 nitrogen and oxygen atoms in total. The van der Waals surface area contributed by atoms with Crippen molar-refractivity contribution >= 4 is 29.0 Å². The van der Waals surface area contributed by atoms with Gasteiger partial charge >= 0.3 is 12.2 Å². The van der Waals surface area contributed by atoms with E-state index in [1.54, 1.807) is 18.2 Å². The molecule has 0 spiro atoms. The van der Waals surface area contributed by atoms with Crippen LogP contribution in [-0.4, -0.2) is 25.0 Å². The third kappa shape index (κ3) is 6.85. The number of rotatable bonds is 6. The van der Waals surface area contributed by atoms with Crippen molar-refractivity contribution in [3.63, 3.8) is 0 Å². The van der Waals surface area contributed by atoms with Gasteiger partial charge in [0.15, 0.2) is 0 Å². The molecule has 38 heavy (non-hydrogen) atoms. The third-order valence-corrected chi connectivity index (χ3v) is 6.72. The number of hydrogen-bond acceptors (Lipinski definition) is 3. The van der Waals surface area contributed by atoms with Gasteiger partial charge in [-0.15, -0.1) is 0 Å². The summed E-state index contributed by atoms with van der Waals surface area (Å²) in [4.78, 5) is 28.2. The average Bonchev–Trinajstić information content (AvgIpc) is 2.89. The van der Waals surface area contributed by atoms with Gasteiger partial charge in [-0.05, 0) is 67.6 Å². The fraction of sp³-hybridized carbons (Fsp3) is 0.310. The molecule has 0 aromatic heterocycles. The maximum atomic E-state index is 13.4. The number of nitrogens with one attached hydrogen (secondary N) is 3. The first-order valence-electron chi connectivity index (χ1n) is 12.6. The molecule has 1 atom stereocenters. The predicted molar refractivity (Wildman–Crippen MR) is 143 cm³/mol. The summed E-state index contributed by atoms with van der Waals surface area (Å²) in [6.07, 6.45) is -2.49. The van der Waals surface area contributed by atoms with Crippen molar-refractivity contribution in [2.24, 2.45) is 5.92 Å². The standard InChI is InChI=1S/C29H31F3N4O2/c1-19-13-15-36(16-14-19)26-12-11-24(18-25(26)27(37)33-20(2)21-7-4-3-5-8-21)35-28(38)34-23-10-6-9-22(17-23)29(30,31)32/h3-12,17-20H,13-16H2,1-2H3,(H,33,37)(H2,34,35,38). The van der Waals surface area contributed by atoms with Gasteiger partial charge in [-0.3, -0.25) is 4.79 Å². The molecule has 0 radical (unpaired) electrons. The highest BCUT2D eigenvalue weighted by molar-refractivity contribution is 6.04. The summed E-state index contributed by atoms with van der Waals surface area (Å²) in [6, 6.07) is 18.1. The topological polar surface area (TPSA) is 73.5 Å². The van der Waals surface area contributed by atoms with Crippen molar-refractivity contribution in [3.05, 3.63) is 89.5 Å². The van der Waals surface area contributed by atoms with Crippen molar-refractivity contribution in [3.8, 4) is 0 Å². The molecular weight excluding hydrogens is 493 g/mol. The van der Waals surface area contributed by atoms with Gasteiger partial charge < -0.3 is 20.9 Å². The highest BCUT2D eigenvalue weighted by Crippen LogP contribution is 2.31. The molecule has 3 aromatic carbocycles. The van der Waals surface area contributed by atoms with Crippen molar-refractivity contribution in [2.75, 3.05) is 28.6 Å². The zero-order chi connectivity index (χ0) is 27.3. The van der Waals surface area contributed by atoms with Gasteiger partial charge in [0.05, 0.1) is 17.2 Å². The first kappa shape index (κ1) is 27.0. The van der Waals surface area contributed by atoms with Gasteiger partial charge in [0, 0.05) is 30.2 Å². The Morgan fingerprint density at radius 1 is 0.895 bits per heavy atom. The average molecular weight is 525 g/mol. The molecule has 3 amide bonds. The van der Waals surface area contributed by atoms with E-state index in [1.807, 2.05) is 37.3 Å². The first-order chi connectivity index (χ1) is 18.1. The van der Waals surface area contributed by atoms with Gasteiger partial charge in [0.25, 0.3) is 5.91 Å². The molecule has 3 N–H and O–H groups in total. The monoisotopic (exact) mass is 524 g/mol. The highest BCUT2D eigenvalue weighted by Gasteiger charge is 2.30. The zero-order valence-corrected chi connectivity index (χ0v) is 21.3. The van der Waals surface area contributed by atoms with Gasteiger partial charge in [0.2, 0.25) is 0 Å². The van der Waals surface area contributed by atoms with Crippen molar-refractivity contribution in [1.82, 2.24) is 5.32 Å². The van der Waals surface area contributed by atoms with Gasteiger partial charge in [0.1, 0.15) is 0 Å². The number of carbonyl (C=O) groups is 2. The Morgan fingerprint density at radius 2 is 1.55 bits per heavy atom. The molecule has 0 bridgehead atoms. The fourth-order valence-electron chi connectivity index (χ4n) is 4.49. The molecule has 3 aromatic rings. The normalized spacial score (nSPS) is 15.0. The molecular formula is C29H31F3N4O2. The summed E-state index contributed by atoms with van der Waals surface area (Å²) in [6.45, 7) is 5.75.